The first-order chi connectivity index (χ1) is 20.7. The SMILES string of the molecule is C1=CC2CC1C1C=C(CC3=CC4C5C=CC(C5)C4C3)CC21.C1=CC2CC1C1CC=C(CC3=CCC4C5C=CC(C5)C34)C21. The third-order valence-electron chi connectivity index (χ3n) is 15.5. The van der Waals surface area contributed by atoms with Crippen molar-refractivity contribution in [2.24, 2.45) is 94.7 Å². The summed E-state index contributed by atoms with van der Waals surface area (Å²) in [4.78, 5) is 0. The Morgan fingerprint density at radius 3 is 1.31 bits per heavy atom. The summed E-state index contributed by atoms with van der Waals surface area (Å²) in [6.07, 6.45) is 44.9. The fraction of sp³-hybridized carbons (Fsp3) is 0.619. The van der Waals surface area contributed by atoms with Crippen molar-refractivity contribution in [3.63, 3.8) is 0 Å². The molecule has 0 heterocycles. The molecule has 0 aromatic rings. The van der Waals surface area contributed by atoms with Crippen LogP contribution in [0.3, 0.4) is 0 Å². The molecule has 16 atom stereocenters. The predicted octanol–water partition coefficient (Wildman–Crippen LogP) is 9.83. The zero-order valence-corrected chi connectivity index (χ0v) is 25.2. The van der Waals surface area contributed by atoms with E-state index < -0.39 is 0 Å². The Bertz CT molecular complexity index is 1340. The second kappa shape index (κ2) is 8.76. The van der Waals surface area contributed by atoms with Crippen LogP contribution >= 0.6 is 0 Å². The van der Waals surface area contributed by atoms with E-state index in [9.17, 15) is 0 Å². The second-order valence-corrected chi connectivity index (χ2v) is 17.1. The van der Waals surface area contributed by atoms with Crippen LogP contribution in [0.15, 0.2) is 95.2 Å². The normalized spacial score (nSPS) is 54.3. The highest BCUT2D eigenvalue weighted by Gasteiger charge is 2.51. The van der Waals surface area contributed by atoms with E-state index in [-0.39, 0.29) is 0 Å². The topological polar surface area (TPSA) is 0 Å². The molecule has 0 N–H and O–H groups in total. The van der Waals surface area contributed by atoms with Crippen LogP contribution in [0.1, 0.15) is 64.2 Å². The molecular weight excluding hydrogens is 504 g/mol. The Kier molecular flexibility index (Phi) is 5.06. The highest BCUT2D eigenvalue weighted by Crippen LogP contribution is 2.61. The molecule has 42 heavy (non-hydrogen) atoms. The van der Waals surface area contributed by atoms with E-state index in [2.05, 4.69) is 72.9 Å². The fourth-order valence-electron chi connectivity index (χ4n) is 13.9. The third-order valence-corrected chi connectivity index (χ3v) is 15.5. The van der Waals surface area contributed by atoms with Crippen molar-refractivity contribution in [2.45, 2.75) is 64.2 Å². The van der Waals surface area contributed by atoms with Crippen LogP contribution in [0, 0.1) is 94.7 Å². The standard InChI is InChI=1S/2C21H24/c1-3-14-9-12(1)18-7-5-16(20(14)18)11-17-6-8-19-13-2-4-15(10-13)21(17)19;1-2-15-10-14(1)18-6-12(7-19(15)18)5-13-8-20-16-3-4-17(11-16)21(20)9-13/h1-6,12-15,18-21H,7-11H2;1-4,6,8,14-21H,5,7,9-11H2. The summed E-state index contributed by atoms with van der Waals surface area (Å²) in [6, 6.07) is 0. The molecule has 0 amide bonds. The number of fused-ring (bicyclic) bond motifs is 20. The lowest BCUT2D eigenvalue weighted by molar-refractivity contribution is 0.366. The number of hydrogen-bond donors (Lipinski definition) is 0. The molecule has 0 heteroatoms. The van der Waals surface area contributed by atoms with Crippen molar-refractivity contribution < 1.29 is 0 Å². The third kappa shape index (κ3) is 3.37. The molecule has 0 radical (unpaired) electrons. The van der Waals surface area contributed by atoms with Crippen molar-refractivity contribution in [3.8, 4) is 0 Å². The van der Waals surface area contributed by atoms with Gasteiger partial charge >= 0.3 is 0 Å². The van der Waals surface area contributed by atoms with Crippen molar-refractivity contribution in [3.05, 3.63) is 95.2 Å². The first kappa shape index (κ1) is 24.3. The van der Waals surface area contributed by atoms with Crippen LogP contribution in [-0.4, -0.2) is 0 Å². The van der Waals surface area contributed by atoms with Crippen LogP contribution in [-0.2, 0) is 0 Å². The Labute approximate surface area is 253 Å². The molecule has 0 nitrogen and oxygen atoms in total. The molecule has 0 aliphatic heterocycles. The zero-order valence-electron chi connectivity index (χ0n) is 25.2. The minimum Gasteiger partial charge on any atom is -0.0848 e. The lowest BCUT2D eigenvalue weighted by Gasteiger charge is -2.27. The Hall–Kier alpha value is -2.08. The molecule has 0 spiro atoms. The van der Waals surface area contributed by atoms with Crippen molar-refractivity contribution in [2.75, 3.05) is 0 Å². The average molecular weight is 553 g/mol. The summed E-state index contributed by atoms with van der Waals surface area (Å²) in [5.74, 6) is 14.9. The van der Waals surface area contributed by atoms with Gasteiger partial charge in [-0.1, -0.05) is 95.2 Å². The van der Waals surface area contributed by atoms with Crippen LogP contribution in [0.2, 0.25) is 0 Å². The minimum atomic E-state index is 0.895. The summed E-state index contributed by atoms with van der Waals surface area (Å²) >= 11 is 0. The molecular formula is C42H48. The molecule has 0 aromatic heterocycles. The van der Waals surface area contributed by atoms with E-state index in [4.69, 9.17) is 0 Å². The van der Waals surface area contributed by atoms with Gasteiger partial charge in [-0.15, -0.1) is 0 Å². The molecule has 16 unspecified atom stereocenters. The van der Waals surface area contributed by atoms with E-state index in [1.54, 1.807) is 11.1 Å². The molecule has 0 saturated heterocycles. The maximum Gasteiger partial charge on any atom is -0.00999 e. The number of rotatable bonds is 4. The van der Waals surface area contributed by atoms with Gasteiger partial charge in [-0.2, -0.15) is 0 Å². The van der Waals surface area contributed by atoms with Gasteiger partial charge in [-0.05, 0) is 159 Å². The summed E-state index contributed by atoms with van der Waals surface area (Å²) in [5.41, 5.74) is 7.23. The average Bonchev–Trinajstić information content (AvgIpc) is 3.85. The summed E-state index contributed by atoms with van der Waals surface area (Å²) in [5, 5.41) is 0. The Morgan fingerprint density at radius 1 is 0.429 bits per heavy atom. The van der Waals surface area contributed by atoms with Crippen LogP contribution in [0.25, 0.3) is 0 Å². The quantitative estimate of drug-likeness (QED) is 0.305. The highest BCUT2D eigenvalue weighted by molar-refractivity contribution is 5.37. The molecule has 4 fully saturated rings. The largest absolute Gasteiger partial charge is 0.0848 e. The van der Waals surface area contributed by atoms with Gasteiger partial charge in [0, 0.05) is 0 Å². The second-order valence-electron chi connectivity index (χ2n) is 17.1. The Balaban J connectivity index is 0.000000107. The summed E-state index contributed by atoms with van der Waals surface area (Å²) < 4.78 is 0. The van der Waals surface area contributed by atoms with Crippen molar-refractivity contribution >= 4 is 0 Å². The van der Waals surface area contributed by atoms with E-state index in [0.717, 1.165) is 94.7 Å². The highest BCUT2D eigenvalue weighted by atomic mass is 14.6. The molecule has 4 saturated carbocycles. The summed E-state index contributed by atoms with van der Waals surface area (Å²) in [7, 11) is 0. The van der Waals surface area contributed by atoms with Crippen LogP contribution < -0.4 is 0 Å². The first-order valence-corrected chi connectivity index (χ1v) is 18.2. The summed E-state index contributed by atoms with van der Waals surface area (Å²) in [6.45, 7) is 0. The van der Waals surface area contributed by atoms with Gasteiger partial charge < -0.3 is 0 Å². The predicted molar refractivity (Wildman–Crippen MR) is 171 cm³/mol. The molecule has 8 bridgehead atoms. The van der Waals surface area contributed by atoms with Crippen molar-refractivity contribution in [1.82, 2.24) is 0 Å². The maximum atomic E-state index is 2.70. The van der Waals surface area contributed by atoms with E-state index in [1.165, 1.54) is 64.2 Å². The van der Waals surface area contributed by atoms with Gasteiger partial charge in [0.2, 0.25) is 0 Å². The number of allylic oxidation sites excluding steroid dienone is 16. The van der Waals surface area contributed by atoms with Crippen LogP contribution in [0.5, 0.6) is 0 Å². The van der Waals surface area contributed by atoms with E-state index in [1.807, 2.05) is 11.1 Å². The maximum absolute atomic E-state index is 2.70. The van der Waals surface area contributed by atoms with Crippen LogP contribution in [0.4, 0.5) is 0 Å². The first-order valence-electron chi connectivity index (χ1n) is 18.2. The molecule has 0 aromatic carbocycles. The van der Waals surface area contributed by atoms with Gasteiger partial charge in [0.05, 0.1) is 0 Å². The fourth-order valence-corrected chi connectivity index (χ4v) is 13.9. The zero-order chi connectivity index (χ0) is 27.1. The Morgan fingerprint density at radius 2 is 0.833 bits per heavy atom. The minimum absolute atomic E-state index is 0.895. The smallest absolute Gasteiger partial charge is 0.00999 e. The molecule has 12 aliphatic rings. The van der Waals surface area contributed by atoms with Gasteiger partial charge in [0.15, 0.2) is 0 Å². The molecule has 216 valence electrons. The molecule has 12 rings (SSSR count). The molecule has 12 aliphatic carbocycles. The van der Waals surface area contributed by atoms with E-state index in [0.29, 0.717) is 0 Å². The monoisotopic (exact) mass is 552 g/mol. The van der Waals surface area contributed by atoms with Gasteiger partial charge in [0.25, 0.3) is 0 Å². The lowest BCUT2D eigenvalue weighted by Crippen LogP contribution is -2.19. The van der Waals surface area contributed by atoms with Gasteiger partial charge in [-0.25, -0.2) is 0 Å². The van der Waals surface area contributed by atoms with Gasteiger partial charge in [0.1, 0.15) is 0 Å². The van der Waals surface area contributed by atoms with Gasteiger partial charge in [-0.3, -0.25) is 0 Å². The van der Waals surface area contributed by atoms with Crippen molar-refractivity contribution in [1.29, 1.82) is 0 Å². The lowest BCUT2D eigenvalue weighted by atomic mass is 9.77. The van der Waals surface area contributed by atoms with E-state index >= 15 is 0 Å². The number of hydrogen-bond acceptors (Lipinski definition) is 0.